The molecule has 2 rings (SSSR count). The van der Waals surface area contributed by atoms with E-state index in [2.05, 4.69) is 15.9 Å². The number of nitrogens with zero attached hydrogens (tertiary/aromatic N) is 1. The highest BCUT2D eigenvalue weighted by molar-refractivity contribution is 9.10. The molecule has 120 valence electrons. The zero-order chi connectivity index (χ0) is 16.4. The Morgan fingerprint density at radius 3 is 2.50 bits per heavy atom. The van der Waals surface area contributed by atoms with E-state index in [9.17, 15) is 14.7 Å². The van der Waals surface area contributed by atoms with Crippen LogP contribution >= 0.6 is 15.9 Å². The lowest BCUT2D eigenvalue weighted by atomic mass is 9.98. The number of ether oxygens (including phenoxy) is 1. The van der Waals surface area contributed by atoms with E-state index in [0.29, 0.717) is 13.2 Å². The number of carboxylic acid groups (broad SMARTS) is 1. The molecule has 1 amide bonds. The molecule has 1 N–H and O–H groups in total. The molecular weight excluding hydrogens is 350 g/mol. The van der Waals surface area contributed by atoms with Crippen LogP contribution in [0.15, 0.2) is 16.6 Å². The molecule has 1 saturated heterocycles. The molecule has 1 aromatic carbocycles. The number of carbonyl (C=O) groups excluding carboxylic acids is 1. The van der Waals surface area contributed by atoms with E-state index < -0.39 is 18.1 Å². The third-order valence-electron chi connectivity index (χ3n) is 4.06. The fourth-order valence-electron chi connectivity index (χ4n) is 2.91. The Labute approximate surface area is 138 Å². The molecule has 22 heavy (non-hydrogen) atoms. The lowest BCUT2D eigenvalue weighted by Crippen LogP contribution is -2.56. The van der Waals surface area contributed by atoms with Crippen LogP contribution < -0.4 is 0 Å². The molecule has 2 atom stereocenters. The smallest absolute Gasteiger partial charge is 0.329 e. The van der Waals surface area contributed by atoms with Gasteiger partial charge in [-0.15, -0.1) is 0 Å². The van der Waals surface area contributed by atoms with Gasteiger partial charge in [-0.25, -0.2) is 4.79 Å². The number of hydrogen-bond donors (Lipinski definition) is 1. The fraction of sp³-hybridized carbons (Fsp3) is 0.500. The number of hydrogen-bond acceptors (Lipinski definition) is 3. The Bertz CT molecular complexity index is 579. The van der Waals surface area contributed by atoms with Crippen molar-refractivity contribution in [1.29, 1.82) is 0 Å². The van der Waals surface area contributed by atoms with Crippen LogP contribution in [-0.4, -0.2) is 47.2 Å². The minimum Gasteiger partial charge on any atom is -0.480 e. The Hall–Kier alpha value is -1.40. The number of carboxylic acids is 1. The minimum absolute atomic E-state index is 0.170. The van der Waals surface area contributed by atoms with Gasteiger partial charge in [-0.3, -0.25) is 4.79 Å². The van der Waals surface area contributed by atoms with Crippen molar-refractivity contribution in [3.8, 4) is 0 Å². The highest BCUT2D eigenvalue weighted by atomic mass is 79.9. The molecular formula is C16H20BrNO4. The van der Waals surface area contributed by atoms with E-state index in [1.807, 2.05) is 26.0 Å². The van der Waals surface area contributed by atoms with Gasteiger partial charge in [-0.2, -0.15) is 0 Å². The monoisotopic (exact) mass is 369 g/mol. The predicted molar refractivity (Wildman–Crippen MR) is 85.9 cm³/mol. The van der Waals surface area contributed by atoms with Crippen molar-refractivity contribution in [2.24, 2.45) is 0 Å². The predicted octanol–water partition coefficient (Wildman–Crippen LogP) is 2.31. The zero-order valence-corrected chi connectivity index (χ0v) is 14.5. The summed E-state index contributed by atoms with van der Waals surface area (Å²) < 4.78 is 6.34. The van der Waals surface area contributed by atoms with Gasteiger partial charge in [-0.05, 0) is 49.6 Å². The molecule has 0 unspecified atom stereocenters. The molecule has 6 heteroatoms. The van der Waals surface area contributed by atoms with Crippen LogP contribution in [-0.2, 0) is 20.7 Å². The first kappa shape index (κ1) is 17.0. The summed E-state index contributed by atoms with van der Waals surface area (Å²) in [4.78, 5) is 25.5. The second kappa shape index (κ2) is 6.79. The van der Waals surface area contributed by atoms with Gasteiger partial charge in [-0.1, -0.05) is 15.9 Å². The van der Waals surface area contributed by atoms with Crippen LogP contribution in [0.25, 0.3) is 0 Å². The molecule has 1 aliphatic heterocycles. The maximum atomic E-state index is 12.6. The summed E-state index contributed by atoms with van der Waals surface area (Å²) in [6.07, 6.45) is -0.288. The SMILES string of the molecule is Cc1cc(Br)cc(C)c1CC(=O)N1CCO[C@@H](C)[C@@H]1C(=O)O. The van der Waals surface area contributed by atoms with Gasteiger partial charge in [0.05, 0.1) is 19.1 Å². The van der Waals surface area contributed by atoms with Crippen molar-refractivity contribution in [3.63, 3.8) is 0 Å². The summed E-state index contributed by atoms with van der Waals surface area (Å²) in [5, 5.41) is 9.36. The van der Waals surface area contributed by atoms with Crippen molar-refractivity contribution < 1.29 is 19.4 Å². The second-order valence-electron chi connectivity index (χ2n) is 5.64. The van der Waals surface area contributed by atoms with E-state index in [-0.39, 0.29) is 12.3 Å². The average Bonchev–Trinajstić information content (AvgIpc) is 2.41. The molecule has 1 heterocycles. The quantitative estimate of drug-likeness (QED) is 0.887. The maximum Gasteiger partial charge on any atom is 0.329 e. The number of morpholine rings is 1. The lowest BCUT2D eigenvalue weighted by Gasteiger charge is -2.37. The molecule has 0 saturated carbocycles. The van der Waals surface area contributed by atoms with Gasteiger partial charge >= 0.3 is 5.97 Å². The molecule has 0 spiro atoms. The Morgan fingerprint density at radius 1 is 1.36 bits per heavy atom. The van der Waals surface area contributed by atoms with Gasteiger partial charge in [0.2, 0.25) is 5.91 Å². The molecule has 0 bridgehead atoms. The number of rotatable bonds is 3. The third-order valence-corrected chi connectivity index (χ3v) is 4.51. The second-order valence-corrected chi connectivity index (χ2v) is 6.56. The molecule has 0 aliphatic carbocycles. The fourth-order valence-corrected chi connectivity index (χ4v) is 3.59. The summed E-state index contributed by atoms with van der Waals surface area (Å²) >= 11 is 3.44. The largest absolute Gasteiger partial charge is 0.480 e. The standard InChI is InChI=1S/C16H20BrNO4/c1-9-6-12(17)7-10(2)13(9)8-14(19)18-4-5-22-11(3)15(18)16(20)21/h6-7,11,15H,4-5,8H2,1-3H3,(H,20,21)/t11-,15+/m0/s1. The Kier molecular flexibility index (Phi) is 5.24. The van der Waals surface area contributed by atoms with E-state index in [0.717, 1.165) is 21.2 Å². The van der Waals surface area contributed by atoms with Gasteiger partial charge in [0.25, 0.3) is 0 Å². The Morgan fingerprint density at radius 2 is 1.95 bits per heavy atom. The van der Waals surface area contributed by atoms with Crippen molar-refractivity contribution in [1.82, 2.24) is 4.90 Å². The molecule has 1 fully saturated rings. The van der Waals surface area contributed by atoms with Crippen LogP contribution in [0.3, 0.4) is 0 Å². The molecule has 5 nitrogen and oxygen atoms in total. The first-order valence-corrected chi connectivity index (χ1v) is 8.00. The number of benzene rings is 1. The summed E-state index contributed by atoms with van der Waals surface area (Å²) in [6.45, 7) is 6.28. The first-order chi connectivity index (χ1) is 10.3. The minimum atomic E-state index is -1.02. The summed E-state index contributed by atoms with van der Waals surface area (Å²) in [6, 6.07) is 3.01. The molecule has 0 aromatic heterocycles. The normalized spacial score (nSPS) is 21.7. The molecule has 1 aliphatic rings. The van der Waals surface area contributed by atoms with Crippen molar-refractivity contribution >= 4 is 27.8 Å². The number of aliphatic carboxylic acids is 1. The summed E-state index contributed by atoms with van der Waals surface area (Å²) in [7, 11) is 0. The van der Waals surface area contributed by atoms with Crippen LogP contribution in [0.2, 0.25) is 0 Å². The number of halogens is 1. The van der Waals surface area contributed by atoms with Gasteiger partial charge < -0.3 is 14.7 Å². The summed E-state index contributed by atoms with van der Waals surface area (Å²) in [5.74, 6) is -1.19. The van der Waals surface area contributed by atoms with E-state index in [4.69, 9.17) is 4.74 Å². The third kappa shape index (κ3) is 3.50. The van der Waals surface area contributed by atoms with Crippen molar-refractivity contribution in [3.05, 3.63) is 33.3 Å². The Balaban J connectivity index is 2.23. The maximum absolute atomic E-state index is 12.6. The van der Waals surface area contributed by atoms with E-state index >= 15 is 0 Å². The van der Waals surface area contributed by atoms with Crippen LogP contribution in [0.4, 0.5) is 0 Å². The molecule has 0 radical (unpaired) electrons. The molecule has 1 aromatic rings. The van der Waals surface area contributed by atoms with E-state index in [1.165, 1.54) is 4.90 Å². The van der Waals surface area contributed by atoms with Gasteiger partial charge in [0.1, 0.15) is 0 Å². The lowest BCUT2D eigenvalue weighted by molar-refractivity contribution is -0.164. The zero-order valence-electron chi connectivity index (χ0n) is 12.9. The number of aryl methyl sites for hydroxylation is 2. The first-order valence-electron chi connectivity index (χ1n) is 7.20. The highest BCUT2D eigenvalue weighted by Crippen LogP contribution is 2.23. The number of carbonyl (C=O) groups is 2. The van der Waals surface area contributed by atoms with Crippen LogP contribution in [0, 0.1) is 13.8 Å². The van der Waals surface area contributed by atoms with Crippen molar-refractivity contribution in [2.45, 2.75) is 39.3 Å². The van der Waals surface area contributed by atoms with Gasteiger partial charge in [0, 0.05) is 11.0 Å². The van der Waals surface area contributed by atoms with Crippen molar-refractivity contribution in [2.75, 3.05) is 13.2 Å². The van der Waals surface area contributed by atoms with Crippen LogP contribution in [0.1, 0.15) is 23.6 Å². The summed E-state index contributed by atoms with van der Waals surface area (Å²) in [5.41, 5.74) is 3.00. The topological polar surface area (TPSA) is 66.8 Å². The average molecular weight is 370 g/mol. The number of amides is 1. The van der Waals surface area contributed by atoms with Gasteiger partial charge in [0.15, 0.2) is 6.04 Å². The highest BCUT2D eigenvalue weighted by Gasteiger charge is 2.37. The van der Waals surface area contributed by atoms with E-state index in [1.54, 1.807) is 6.92 Å². The van der Waals surface area contributed by atoms with Crippen LogP contribution in [0.5, 0.6) is 0 Å².